The number of hydrogen-bond donors (Lipinski definition) is 1. The van der Waals surface area contributed by atoms with Crippen molar-refractivity contribution in [2.45, 2.75) is 32.2 Å². The average molecular weight is 319 g/mol. The summed E-state index contributed by atoms with van der Waals surface area (Å²) in [5.41, 5.74) is 1.22. The number of amides is 1. The smallest absolute Gasteiger partial charge is 0.339 e. The quantitative estimate of drug-likeness (QED) is 0.935. The molecular formula is C16H17NO4S. The van der Waals surface area contributed by atoms with Gasteiger partial charge in [0.2, 0.25) is 0 Å². The number of thiophene rings is 1. The fraction of sp³-hybridized carbons (Fsp3) is 0.375. The van der Waals surface area contributed by atoms with Gasteiger partial charge in [-0.15, -0.1) is 0 Å². The Morgan fingerprint density at radius 2 is 2.32 bits per heavy atom. The van der Waals surface area contributed by atoms with Crippen LogP contribution < -0.4 is 0 Å². The Kier molecular flexibility index (Phi) is 4.02. The molecule has 1 amide bonds. The lowest BCUT2D eigenvalue weighted by Crippen LogP contribution is -2.30. The molecule has 0 radical (unpaired) electrons. The van der Waals surface area contributed by atoms with E-state index in [1.165, 1.54) is 6.07 Å². The highest BCUT2D eigenvalue weighted by Gasteiger charge is 2.33. The van der Waals surface area contributed by atoms with Crippen LogP contribution in [0.5, 0.6) is 0 Å². The molecule has 2 aromatic heterocycles. The first-order valence-corrected chi connectivity index (χ1v) is 8.25. The van der Waals surface area contributed by atoms with Crippen molar-refractivity contribution in [3.05, 3.63) is 45.5 Å². The van der Waals surface area contributed by atoms with Gasteiger partial charge in [0.1, 0.15) is 11.3 Å². The predicted octanol–water partition coefficient (Wildman–Crippen LogP) is 3.58. The molecule has 1 fully saturated rings. The number of likely N-dealkylation sites (tertiary alicyclic amines) is 1. The third kappa shape index (κ3) is 2.54. The molecule has 1 unspecified atom stereocenters. The molecule has 22 heavy (non-hydrogen) atoms. The number of carboxylic acids is 1. The van der Waals surface area contributed by atoms with Gasteiger partial charge in [-0.25, -0.2) is 4.79 Å². The number of carbonyl (C=O) groups is 2. The molecule has 0 spiro atoms. The Bertz CT molecular complexity index is 689. The molecule has 1 aliphatic rings. The van der Waals surface area contributed by atoms with Gasteiger partial charge in [-0.1, -0.05) is 6.92 Å². The molecule has 0 saturated carbocycles. The topological polar surface area (TPSA) is 70.8 Å². The standard InChI is InChI=1S/C16H17NO4S/c1-2-13-11(16(19)20)8-14(21-13)15(18)17-6-3-4-12(17)10-5-7-22-9-10/h5,7-9,12H,2-4,6H2,1H3,(H,19,20). The zero-order valence-corrected chi connectivity index (χ0v) is 13.1. The summed E-state index contributed by atoms with van der Waals surface area (Å²) < 4.78 is 5.50. The number of aryl methyl sites for hydroxylation is 1. The number of rotatable bonds is 4. The summed E-state index contributed by atoms with van der Waals surface area (Å²) in [6, 6.07) is 3.44. The molecular weight excluding hydrogens is 302 g/mol. The first kappa shape index (κ1) is 14.8. The number of aromatic carboxylic acids is 1. The number of furan rings is 1. The van der Waals surface area contributed by atoms with Crippen LogP contribution in [0.15, 0.2) is 27.3 Å². The second-order valence-corrected chi connectivity index (χ2v) is 6.10. The van der Waals surface area contributed by atoms with Crippen molar-refractivity contribution in [1.82, 2.24) is 4.90 Å². The molecule has 0 aliphatic carbocycles. The van der Waals surface area contributed by atoms with E-state index in [2.05, 4.69) is 5.38 Å². The van der Waals surface area contributed by atoms with Crippen LogP contribution in [0.1, 0.15) is 58.0 Å². The molecule has 116 valence electrons. The summed E-state index contributed by atoms with van der Waals surface area (Å²) in [4.78, 5) is 25.7. The number of nitrogens with zero attached hydrogens (tertiary/aromatic N) is 1. The van der Waals surface area contributed by atoms with Crippen LogP contribution in [0.25, 0.3) is 0 Å². The Morgan fingerprint density at radius 3 is 2.91 bits per heavy atom. The number of carboxylic acid groups (broad SMARTS) is 1. The molecule has 0 bridgehead atoms. The Labute approximate surface area is 132 Å². The van der Waals surface area contributed by atoms with Crippen molar-refractivity contribution in [1.29, 1.82) is 0 Å². The summed E-state index contributed by atoms with van der Waals surface area (Å²) >= 11 is 1.61. The lowest BCUT2D eigenvalue weighted by molar-refractivity contribution is 0.0687. The molecule has 0 aromatic carbocycles. The van der Waals surface area contributed by atoms with Crippen LogP contribution in [-0.2, 0) is 6.42 Å². The maximum atomic E-state index is 12.7. The van der Waals surface area contributed by atoms with E-state index in [1.54, 1.807) is 16.2 Å². The van der Waals surface area contributed by atoms with Gasteiger partial charge < -0.3 is 14.4 Å². The second-order valence-electron chi connectivity index (χ2n) is 5.32. The van der Waals surface area contributed by atoms with E-state index in [0.717, 1.165) is 18.4 Å². The van der Waals surface area contributed by atoms with Crippen molar-refractivity contribution < 1.29 is 19.1 Å². The largest absolute Gasteiger partial charge is 0.478 e. The van der Waals surface area contributed by atoms with E-state index in [4.69, 9.17) is 4.42 Å². The summed E-state index contributed by atoms with van der Waals surface area (Å²) in [7, 11) is 0. The molecule has 1 atom stereocenters. The lowest BCUT2D eigenvalue weighted by Gasteiger charge is -2.23. The summed E-state index contributed by atoms with van der Waals surface area (Å²) in [6.45, 7) is 2.48. The van der Waals surface area contributed by atoms with E-state index in [9.17, 15) is 14.7 Å². The predicted molar refractivity (Wildman–Crippen MR) is 82.4 cm³/mol. The summed E-state index contributed by atoms with van der Waals surface area (Å²) in [5, 5.41) is 13.2. The SMILES string of the molecule is CCc1oc(C(=O)N2CCCC2c2ccsc2)cc1C(=O)O. The molecule has 3 rings (SSSR count). The first-order chi connectivity index (χ1) is 10.6. The van der Waals surface area contributed by atoms with Crippen LogP contribution in [0.2, 0.25) is 0 Å². The number of carbonyl (C=O) groups excluding carboxylic acids is 1. The molecule has 5 nitrogen and oxygen atoms in total. The minimum absolute atomic E-state index is 0.0576. The van der Waals surface area contributed by atoms with Crippen molar-refractivity contribution in [2.24, 2.45) is 0 Å². The highest BCUT2D eigenvalue weighted by molar-refractivity contribution is 7.08. The fourth-order valence-corrected chi connectivity index (χ4v) is 3.65. The highest BCUT2D eigenvalue weighted by atomic mass is 32.1. The maximum absolute atomic E-state index is 12.7. The van der Waals surface area contributed by atoms with Crippen LogP contribution in [0.3, 0.4) is 0 Å². The molecule has 3 heterocycles. The van der Waals surface area contributed by atoms with Gasteiger partial charge in [0.15, 0.2) is 5.76 Å². The van der Waals surface area contributed by atoms with Gasteiger partial charge in [-0.05, 0) is 35.2 Å². The van der Waals surface area contributed by atoms with Crippen molar-refractivity contribution in [3.63, 3.8) is 0 Å². The Morgan fingerprint density at radius 1 is 1.50 bits per heavy atom. The van der Waals surface area contributed by atoms with E-state index in [-0.39, 0.29) is 23.3 Å². The van der Waals surface area contributed by atoms with Crippen LogP contribution in [-0.4, -0.2) is 28.4 Å². The first-order valence-electron chi connectivity index (χ1n) is 7.31. The van der Waals surface area contributed by atoms with Gasteiger partial charge in [0, 0.05) is 19.0 Å². The average Bonchev–Trinajstić information content (AvgIpc) is 3.23. The maximum Gasteiger partial charge on any atom is 0.339 e. The van der Waals surface area contributed by atoms with Crippen molar-refractivity contribution >= 4 is 23.2 Å². The van der Waals surface area contributed by atoms with Crippen LogP contribution in [0.4, 0.5) is 0 Å². The minimum atomic E-state index is -1.06. The van der Waals surface area contributed by atoms with Gasteiger partial charge in [0.25, 0.3) is 5.91 Å². The number of hydrogen-bond acceptors (Lipinski definition) is 4. The van der Waals surface area contributed by atoms with E-state index < -0.39 is 5.97 Å². The van der Waals surface area contributed by atoms with Gasteiger partial charge in [-0.3, -0.25) is 4.79 Å². The Hall–Kier alpha value is -2.08. The van der Waals surface area contributed by atoms with Gasteiger partial charge in [-0.2, -0.15) is 11.3 Å². The zero-order chi connectivity index (χ0) is 15.7. The molecule has 1 aliphatic heterocycles. The van der Waals surface area contributed by atoms with E-state index >= 15 is 0 Å². The molecule has 6 heteroatoms. The summed E-state index contributed by atoms with van der Waals surface area (Å²) in [5.74, 6) is -0.815. The molecule has 2 aromatic rings. The second kappa shape index (κ2) is 5.96. The van der Waals surface area contributed by atoms with Gasteiger partial charge in [0.05, 0.1) is 6.04 Å². The highest BCUT2D eigenvalue weighted by Crippen LogP contribution is 2.34. The third-order valence-electron chi connectivity index (χ3n) is 4.01. The van der Waals surface area contributed by atoms with Gasteiger partial charge >= 0.3 is 5.97 Å². The van der Waals surface area contributed by atoms with E-state index in [1.807, 2.05) is 18.4 Å². The summed E-state index contributed by atoms with van der Waals surface area (Å²) in [6.07, 6.45) is 2.32. The minimum Gasteiger partial charge on any atom is -0.478 e. The monoisotopic (exact) mass is 319 g/mol. The van der Waals surface area contributed by atoms with Crippen molar-refractivity contribution in [2.75, 3.05) is 6.54 Å². The van der Waals surface area contributed by atoms with Crippen molar-refractivity contribution in [3.8, 4) is 0 Å². The third-order valence-corrected chi connectivity index (χ3v) is 4.71. The molecule has 1 saturated heterocycles. The fourth-order valence-electron chi connectivity index (χ4n) is 2.94. The van der Waals surface area contributed by atoms with E-state index in [0.29, 0.717) is 18.7 Å². The Balaban J connectivity index is 1.89. The lowest BCUT2D eigenvalue weighted by atomic mass is 10.1. The van der Waals surface area contributed by atoms with Crippen LogP contribution >= 0.6 is 11.3 Å². The normalized spacial score (nSPS) is 17.9. The zero-order valence-electron chi connectivity index (χ0n) is 12.2. The molecule has 1 N–H and O–H groups in total. The van der Waals surface area contributed by atoms with Crippen LogP contribution in [0, 0.1) is 0 Å².